The van der Waals surface area contributed by atoms with E-state index < -0.39 is 35.6 Å². The molecule has 162 valence electrons. The van der Waals surface area contributed by atoms with E-state index in [4.69, 9.17) is 4.74 Å². The van der Waals surface area contributed by atoms with Gasteiger partial charge in [0.25, 0.3) is 25.7 Å². The van der Waals surface area contributed by atoms with E-state index in [9.17, 15) is 26.9 Å². The first-order chi connectivity index (χ1) is 14.6. The largest absolute Gasteiger partial charge is 0.481 e. The Hall–Kier alpha value is -3.78. The third-order valence-electron chi connectivity index (χ3n) is 3.86. The van der Waals surface area contributed by atoms with Gasteiger partial charge in [-0.15, -0.1) is 0 Å². The normalized spacial score (nSPS) is 11.5. The molecule has 1 heterocycles. The lowest BCUT2D eigenvalue weighted by atomic mass is 10.3. The van der Waals surface area contributed by atoms with E-state index in [0.29, 0.717) is 0 Å². The molecule has 0 fully saturated rings. The minimum Gasteiger partial charge on any atom is -0.481 e. The summed E-state index contributed by atoms with van der Waals surface area (Å²) in [6.07, 6.45) is 1.12. The lowest BCUT2D eigenvalue weighted by Gasteiger charge is -2.10. The van der Waals surface area contributed by atoms with Gasteiger partial charge in [0.05, 0.1) is 16.9 Å². The van der Waals surface area contributed by atoms with E-state index in [0.717, 1.165) is 30.6 Å². The van der Waals surface area contributed by atoms with Crippen LogP contribution in [0.5, 0.6) is 5.88 Å². The first kappa shape index (κ1) is 21.9. The number of rotatable bonds is 8. The number of sulfonamides is 2. The van der Waals surface area contributed by atoms with Crippen molar-refractivity contribution >= 4 is 37.2 Å². The number of nitro groups is 1. The fourth-order valence-corrected chi connectivity index (χ4v) is 4.68. The second-order valence-corrected chi connectivity index (χ2v) is 9.24. The van der Waals surface area contributed by atoms with Crippen LogP contribution in [-0.2, 0) is 20.0 Å². The zero-order valence-corrected chi connectivity index (χ0v) is 17.4. The standard InChI is InChI=1S/C17H15N5O7S2/c1-29-17-10-16(18-11-19-17)21-30(25,26)13-8-6-12(7-9-13)20-31(27,28)15-5-3-2-4-14(15)22(23)24/h2-11,20H,1H3,(H,18,19,21). The molecule has 14 heteroatoms. The van der Waals surface area contributed by atoms with Crippen molar-refractivity contribution in [2.75, 3.05) is 16.6 Å². The van der Waals surface area contributed by atoms with Crippen molar-refractivity contribution in [3.05, 3.63) is 71.0 Å². The van der Waals surface area contributed by atoms with Gasteiger partial charge >= 0.3 is 0 Å². The molecule has 0 spiro atoms. The van der Waals surface area contributed by atoms with Crippen molar-refractivity contribution in [3.63, 3.8) is 0 Å². The number of hydrogen-bond donors (Lipinski definition) is 2. The van der Waals surface area contributed by atoms with Gasteiger partial charge in [-0.05, 0) is 30.3 Å². The molecule has 0 atom stereocenters. The maximum absolute atomic E-state index is 12.5. The minimum atomic E-state index is -4.28. The van der Waals surface area contributed by atoms with Gasteiger partial charge < -0.3 is 4.74 Å². The van der Waals surface area contributed by atoms with Crippen molar-refractivity contribution in [2.45, 2.75) is 9.79 Å². The molecule has 0 aliphatic carbocycles. The number of nitrogens with one attached hydrogen (secondary N) is 2. The molecule has 0 aliphatic heterocycles. The third kappa shape index (κ3) is 5.04. The second kappa shape index (κ2) is 8.53. The van der Waals surface area contributed by atoms with Crippen LogP contribution in [0.1, 0.15) is 0 Å². The highest BCUT2D eigenvalue weighted by Crippen LogP contribution is 2.26. The molecule has 0 radical (unpaired) electrons. The first-order valence-corrected chi connectivity index (χ1v) is 11.3. The number of anilines is 2. The van der Waals surface area contributed by atoms with Crippen molar-refractivity contribution in [2.24, 2.45) is 0 Å². The maximum atomic E-state index is 12.5. The molecule has 3 aromatic rings. The Morgan fingerprint density at radius 3 is 2.26 bits per heavy atom. The Balaban J connectivity index is 1.82. The average Bonchev–Trinajstić information content (AvgIpc) is 2.73. The number of benzene rings is 2. The summed E-state index contributed by atoms with van der Waals surface area (Å²) in [6, 6.07) is 10.9. The van der Waals surface area contributed by atoms with Crippen LogP contribution in [0.25, 0.3) is 0 Å². The fourth-order valence-electron chi connectivity index (χ4n) is 2.45. The number of aromatic nitrogens is 2. The highest BCUT2D eigenvalue weighted by atomic mass is 32.2. The number of ether oxygens (including phenoxy) is 1. The summed E-state index contributed by atoms with van der Waals surface area (Å²) in [5.41, 5.74) is -0.570. The number of nitrogens with zero attached hydrogens (tertiary/aromatic N) is 3. The van der Waals surface area contributed by atoms with Crippen LogP contribution in [0.2, 0.25) is 0 Å². The van der Waals surface area contributed by atoms with Crippen LogP contribution >= 0.6 is 0 Å². The van der Waals surface area contributed by atoms with Gasteiger partial charge in [0.2, 0.25) is 5.88 Å². The van der Waals surface area contributed by atoms with Crippen LogP contribution in [0.15, 0.2) is 70.7 Å². The molecule has 0 saturated heterocycles. The van der Waals surface area contributed by atoms with Crippen LogP contribution in [0, 0.1) is 10.1 Å². The van der Waals surface area contributed by atoms with Crippen LogP contribution < -0.4 is 14.2 Å². The number of hydrogen-bond acceptors (Lipinski definition) is 9. The summed E-state index contributed by atoms with van der Waals surface area (Å²) >= 11 is 0. The van der Waals surface area contributed by atoms with E-state index in [2.05, 4.69) is 19.4 Å². The Labute approximate surface area is 177 Å². The number of methoxy groups -OCH3 is 1. The first-order valence-electron chi connectivity index (χ1n) is 8.37. The van der Waals surface area contributed by atoms with Gasteiger partial charge in [-0.3, -0.25) is 19.6 Å². The van der Waals surface area contributed by atoms with Gasteiger partial charge in [0.1, 0.15) is 12.1 Å². The Bertz CT molecular complexity index is 1330. The predicted octanol–water partition coefficient (Wildman–Crippen LogP) is 1.99. The quantitative estimate of drug-likeness (QED) is 0.373. The minimum absolute atomic E-state index is 0.0146. The molecule has 0 unspecified atom stereocenters. The van der Waals surface area contributed by atoms with Crippen molar-refractivity contribution in [3.8, 4) is 5.88 Å². The van der Waals surface area contributed by atoms with Crippen LogP contribution in [-0.4, -0.2) is 38.8 Å². The topological polar surface area (TPSA) is 170 Å². The summed E-state index contributed by atoms with van der Waals surface area (Å²) < 4.78 is 59.4. The van der Waals surface area contributed by atoms with Gasteiger partial charge in [-0.2, -0.15) is 0 Å². The molecule has 12 nitrogen and oxygen atoms in total. The van der Waals surface area contributed by atoms with E-state index in [1.54, 1.807) is 0 Å². The molecule has 3 rings (SSSR count). The maximum Gasteiger partial charge on any atom is 0.289 e. The zero-order chi connectivity index (χ0) is 22.6. The van der Waals surface area contributed by atoms with Crippen molar-refractivity contribution in [1.29, 1.82) is 0 Å². The smallest absolute Gasteiger partial charge is 0.289 e. The zero-order valence-electron chi connectivity index (χ0n) is 15.8. The van der Waals surface area contributed by atoms with E-state index in [1.807, 2.05) is 0 Å². The second-order valence-electron chi connectivity index (χ2n) is 5.91. The van der Waals surface area contributed by atoms with Gasteiger partial charge in [0, 0.05) is 17.8 Å². The van der Waals surface area contributed by atoms with E-state index >= 15 is 0 Å². The summed E-state index contributed by atoms with van der Waals surface area (Å²) in [4.78, 5) is 17.2. The molecule has 2 aromatic carbocycles. The third-order valence-corrected chi connectivity index (χ3v) is 6.66. The Kier molecular flexibility index (Phi) is 6.03. The Morgan fingerprint density at radius 1 is 0.935 bits per heavy atom. The predicted molar refractivity (Wildman–Crippen MR) is 110 cm³/mol. The highest BCUT2D eigenvalue weighted by Gasteiger charge is 2.25. The Morgan fingerprint density at radius 2 is 1.61 bits per heavy atom. The van der Waals surface area contributed by atoms with Gasteiger partial charge in [-0.25, -0.2) is 26.8 Å². The molecular weight excluding hydrogens is 450 g/mol. The average molecular weight is 465 g/mol. The molecule has 0 saturated carbocycles. The lowest BCUT2D eigenvalue weighted by molar-refractivity contribution is -0.387. The van der Waals surface area contributed by atoms with Gasteiger partial charge in [-0.1, -0.05) is 12.1 Å². The molecule has 1 aromatic heterocycles. The molecular formula is C17H15N5O7S2. The summed E-state index contributed by atoms with van der Waals surface area (Å²) in [6.45, 7) is 0. The lowest BCUT2D eigenvalue weighted by Crippen LogP contribution is -2.16. The molecule has 2 N–H and O–H groups in total. The molecule has 31 heavy (non-hydrogen) atoms. The number of para-hydroxylation sites is 1. The summed E-state index contributed by atoms with van der Waals surface area (Å²) in [5.74, 6) is 0.139. The number of nitro benzene ring substituents is 1. The van der Waals surface area contributed by atoms with E-state index in [1.165, 1.54) is 37.4 Å². The van der Waals surface area contributed by atoms with Crippen molar-refractivity contribution in [1.82, 2.24) is 9.97 Å². The molecule has 0 amide bonds. The summed E-state index contributed by atoms with van der Waals surface area (Å²) in [7, 11) is -6.95. The molecule has 0 aliphatic rings. The van der Waals surface area contributed by atoms with Crippen LogP contribution in [0.3, 0.4) is 0 Å². The fraction of sp³-hybridized carbons (Fsp3) is 0.0588. The van der Waals surface area contributed by atoms with E-state index in [-0.39, 0.29) is 22.3 Å². The van der Waals surface area contributed by atoms with Crippen LogP contribution in [0.4, 0.5) is 17.2 Å². The monoisotopic (exact) mass is 465 g/mol. The van der Waals surface area contributed by atoms with Crippen molar-refractivity contribution < 1.29 is 26.5 Å². The summed E-state index contributed by atoms with van der Waals surface area (Å²) in [5, 5.41) is 11.1. The molecule has 0 bridgehead atoms. The highest BCUT2D eigenvalue weighted by molar-refractivity contribution is 7.93. The SMILES string of the molecule is COc1cc(NS(=O)(=O)c2ccc(NS(=O)(=O)c3ccccc3[N+](=O)[O-])cc2)ncn1. The van der Waals surface area contributed by atoms with Gasteiger partial charge in [0.15, 0.2) is 4.90 Å².